The highest BCUT2D eigenvalue weighted by atomic mass is 16.5. The van der Waals surface area contributed by atoms with Crippen LogP contribution >= 0.6 is 0 Å². The molecule has 0 aliphatic rings. The lowest BCUT2D eigenvalue weighted by molar-refractivity contribution is 0.298. The topological polar surface area (TPSA) is 126 Å². The molecule has 10 nitrogen and oxygen atoms in total. The third-order valence-corrected chi connectivity index (χ3v) is 5.86. The molecule has 0 aliphatic heterocycles. The van der Waals surface area contributed by atoms with E-state index >= 15 is 0 Å². The van der Waals surface area contributed by atoms with Crippen molar-refractivity contribution in [2.24, 2.45) is 20.7 Å². The Labute approximate surface area is 231 Å². The lowest BCUT2D eigenvalue weighted by Gasteiger charge is -2.21. The maximum Gasteiger partial charge on any atom is 0.221 e. The Morgan fingerprint density at radius 2 is 1.82 bits per heavy atom. The molecule has 10 heteroatoms. The van der Waals surface area contributed by atoms with E-state index in [0.29, 0.717) is 40.3 Å². The highest BCUT2D eigenvalue weighted by molar-refractivity contribution is 5.98. The lowest BCUT2D eigenvalue weighted by Crippen LogP contribution is -2.24. The van der Waals surface area contributed by atoms with Crippen LogP contribution in [0, 0.1) is 6.92 Å². The van der Waals surface area contributed by atoms with Gasteiger partial charge in [0.1, 0.15) is 11.6 Å². The molecule has 0 bridgehead atoms. The Morgan fingerprint density at radius 3 is 2.31 bits per heavy atom. The molecular formula is C29H40N8O2. The zero-order chi connectivity index (χ0) is 29.1. The number of benzene rings is 1. The Kier molecular flexibility index (Phi) is 11.3. The van der Waals surface area contributed by atoms with Gasteiger partial charge in [0, 0.05) is 67.7 Å². The van der Waals surface area contributed by atoms with Gasteiger partial charge in [0.05, 0.1) is 7.11 Å². The number of hydrogen-bond acceptors (Lipinski definition) is 8. The summed E-state index contributed by atoms with van der Waals surface area (Å²) in [5.41, 5.74) is 10.7. The van der Waals surface area contributed by atoms with Crippen molar-refractivity contribution in [1.82, 2.24) is 10.2 Å². The third-order valence-electron chi connectivity index (χ3n) is 5.86. The average molecular weight is 533 g/mol. The van der Waals surface area contributed by atoms with Crippen molar-refractivity contribution in [3.8, 4) is 0 Å². The molecule has 1 aromatic heterocycles. The number of amidine groups is 1. The molecular weight excluding hydrogens is 492 g/mol. The number of aromatic nitrogens is 2. The molecule has 0 unspecified atom stereocenters. The summed E-state index contributed by atoms with van der Waals surface area (Å²) in [4.78, 5) is 15.2. The summed E-state index contributed by atoms with van der Waals surface area (Å²) in [7, 11) is 6.85. The van der Waals surface area contributed by atoms with Crippen LogP contribution in [0.2, 0.25) is 0 Å². The number of nitrogens with two attached hydrogens (primary N) is 1. The molecule has 0 radical (unpaired) electrons. The standard InChI is InChI=1S/C29H40N8O2/c1-18(2)21(5)39-29(32-8)23-11-13-25(14-12-23)37(9)22(6)33-28(34-26-15-19(3)35-36-26)27(38-10)20(4)24(16-30)17-31-7/h11-17H,4,30H2,1-3,5-10H3,(H2,34,35,36)/b24-16+,28-27-,31-17?,32-29?,33-22+. The van der Waals surface area contributed by atoms with Crippen LogP contribution in [0.4, 0.5) is 11.5 Å². The van der Waals surface area contributed by atoms with Gasteiger partial charge < -0.3 is 25.4 Å². The van der Waals surface area contributed by atoms with E-state index in [0.717, 1.165) is 28.3 Å². The van der Waals surface area contributed by atoms with Crippen molar-refractivity contribution in [2.75, 3.05) is 38.5 Å². The summed E-state index contributed by atoms with van der Waals surface area (Å²) in [5, 5.41) is 10.4. The number of aliphatic imine (C=N–C) groups is 3. The molecule has 4 N–H and O–H groups in total. The summed E-state index contributed by atoms with van der Waals surface area (Å²) in [6.45, 7) is 13.9. The van der Waals surface area contributed by atoms with E-state index in [1.807, 2.05) is 76.9 Å². The molecule has 0 saturated heterocycles. The van der Waals surface area contributed by atoms with Gasteiger partial charge in [-0.2, -0.15) is 5.10 Å². The molecule has 0 atom stereocenters. The van der Waals surface area contributed by atoms with Crippen LogP contribution in [0.25, 0.3) is 0 Å². The predicted molar refractivity (Wildman–Crippen MR) is 162 cm³/mol. The first-order chi connectivity index (χ1) is 18.6. The fraction of sp³-hybridized carbons (Fsp3) is 0.310. The molecule has 2 rings (SSSR count). The van der Waals surface area contributed by atoms with Crippen LogP contribution in [0.1, 0.15) is 39.0 Å². The number of methoxy groups -OCH3 is 1. The molecule has 0 spiro atoms. The first kappa shape index (κ1) is 30.6. The Morgan fingerprint density at radius 1 is 1.15 bits per heavy atom. The van der Waals surface area contributed by atoms with Crippen LogP contribution in [0.5, 0.6) is 0 Å². The number of nitrogens with zero attached hydrogens (tertiary/aromatic N) is 5. The van der Waals surface area contributed by atoms with Gasteiger partial charge in [0.15, 0.2) is 17.4 Å². The Hall–Kier alpha value is -4.60. The minimum absolute atomic E-state index is 0.394. The molecule has 0 fully saturated rings. The van der Waals surface area contributed by atoms with Crippen LogP contribution in [0.15, 0.2) is 92.1 Å². The first-order valence-electron chi connectivity index (χ1n) is 12.3. The van der Waals surface area contributed by atoms with Crippen molar-refractivity contribution in [2.45, 2.75) is 34.6 Å². The van der Waals surface area contributed by atoms with E-state index in [1.54, 1.807) is 27.4 Å². The number of nitrogens with one attached hydrogen (secondary N) is 2. The summed E-state index contributed by atoms with van der Waals surface area (Å²) < 4.78 is 11.7. The summed E-state index contributed by atoms with van der Waals surface area (Å²) in [6, 6.07) is 9.76. The second-order valence-electron chi connectivity index (χ2n) is 8.88. The molecule has 208 valence electrons. The molecule has 0 saturated carbocycles. The van der Waals surface area contributed by atoms with Crippen molar-refractivity contribution in [3.63, 3.8) is 0 Å². The van der Waals surface area contributed by atoms with Crippen molar-refractivity contribution in [3.05, 3.63) is 88.4 Å². The molecule has 1 heterocycles. The number of anilines is 2. The third kappa shape index (κ3) is 8.19. The van der Waals surface area contributed by atoms with E-state index in [9.17, 15) is 0 Å². The number of rotatable bonds is 10. The molecule has 0 amide bonds. The quantitative estimate of drug-likeness (QED) is 0.165. The zero-order valence-corrected chi connectivity index (χ0v) is 24.4. The summed E-state index contributed by atoms with van der Waals surface area (Å²) >= 11 is 0. The van der Waals surface area contributed by atoms with E-state index in [-0.39, 0.29) is 0 Å². The molecule has 1 aromatic carbocycles. The SMILES string of the molecule is C=C(/C(C=NC)=C/N)/C(OC)=C(\N=C(/C)N(C)c1ccc(C(=NC)OC(C)=C(C)C)cc1)Nc1cc(C)[nH]n1. The van der Waals surface area contributed by atoms with E-state index in [1.165, 1.54) is 6.20 Å². The van der Waals surface area contributed by atoms with Crippen LogP contribution in [0.3, 0.4) is 0 Å². The number of H-pyrrole nitrogens is 1. The van der Waals surface area contributed by atoms with Gasteiger partial charge in [-0.05, 0) is 64.5 Å². The van der Waals surface area contributed by atoms with E-state index in [2.05, 4.69) is 32.1 Å². The van der Waals surface area contributed by atoms with E-state index < -0.39 is 0 Å². The number of aryl methyl sites for hydroxylation is 1. The maximum absolute atomic E-state index is 5.94. The minimum atomic E-state index is 0.394. The van der Waals surface area contributed by atoms with Crippen LogP contribution in [-0.4, -0.2) is 56.4 Å². The van der Waals surface area contributed by atoms with Gasteiger partial charge in [-0.3, -0.25) is 15.1 Å². The normalized spacial score (nSPS) is 13.2. The maximum atomic E-state index is 5.94. The number of allylic oxidation sites excluding steroid dienone is 3. The number of hydrogen-bond donors (Lipinski definition) is 3. The largest absolute Gasteiger partial charge is 0.492 e. The lowest BCUT2D eigenvalue weighted by atomic mass is 10.1. The van der Waals surface area contributed by atoms with Gasteiger partial charge in [0.25, 0.3) is 0 Å². The van der Waals surface area contributed by atoms with Crippen LogP contribution < -0.4 is 16.0 Å². The van der Waals surface area contributed by atoms with Crippen molar-refractivity contribution >= 4 is 29.5 Å². The number of ether oxygens (including phenoxy) is 2. The van der Waals surface area contributed by atoms with Gasteiger partial charge in [-0.1, -0.05) is 6.58 Å². The summed E-state index contributed by atoms with van der Waals surface area (Å²) in [6.07, 6.45) is 3.03. The summed E-state index contributed by atoms with van der Waals surface area (Å²) in [5.74, 6) is 3.44. The highest BCUT2D eigenvalue weighted by Gasteiger charge is 2.17. The van der Waals surface area contributed by atoms with Gasteiger partial charge >= 0.3 is 0 Å². The monoisotopic (exact) mass is 532 g/mol. The van der Waals surface area contributed by atoms with Crippen molar-refractivity contribution < 1.29 is 9.47 Å². The predicted octanol–water partition coefficient (Wildman–Crippen LogP) is 5.31. The average Bonchev–Trinajstić information content (AvgIpc) is 3.34. The van der Waals surface area contributed by atoms with E-state index in [4.69, 9.17) is 20.2 Å². The zero-order valence-electron chi connectivity index (χ0n) is 24.4. The molecule has 2 aromatic rings. The van der Waals surface area contributed by atoms with Gasteiger partial charge in [0.2, 0.25) is 5.90 Å². The number of aromatic amines is 1. The smallest absolute Gasteiger partial charge is 0.221 e. The fourth-order valence-electron chi connectivity index (χ4n) is 3.33. The van der Waals surface area contributed by atoms with Crippen LogP contribution in [-0.2, 0) is 9.47 Å². The van der Waals surface area contributed by atoms with Crippen molar-refractivity contribution in [1.29, 1.82) is 0 Å². The van der Waals surface area contributed by atoms with Gasteiger partial charge in [-0.15, -0.1) is 0 Å². The highest BCUT2D eigenvalue weighted by Crippen LogP contribution is 2.24. The molecule has 0 aliphatic carbocycles. The minimum Gasteiger partial charge on any atom is -0.492 e. The van der Waals surface area contributed by atoms with Gasteiger partial charge in [-0.25, -0.2) is 4.99 Å². The second-order valence-corrected chi connectivity index (χ2v) is 8.88. The fourth-order valence-corrected chi connectivity index (χ4v) is 3.33. The Balaban J connectivity index is 2.48. The second kappa shape index (κ2) is 14.4. The molecule has 39 heavy (non-hydrogen) atoms. The first-order valence-corrected chi connectivity index (χ1v) is 12.3. The Bertz CT molecular complexity index is 1340.